The lowest BCUT2D eigenvalue weighted by molar-refractivity contribution is -0.146. The lowest BCUT2D eigenvalue weighted by Crippen LogP contribution is -2.36. The highest BCUT2D eigenvalue weighted by molar-refractivity contribution is 5.85. The van der Waals surface area contributed by atoms with Gasteiger partial charge in [0.25, 0.3) is 0 Å². The fraction of sp³-hybridized carbons (Fsp3) is 0.846. The highest BCUT2D eigenvalue weighted by Crippen LogP contribution is 2.31. The molecule has 0 aliphatic heterocycles. The van der Waals surface area contributed by atoms with Gasteiger partial charge in [0.1, 0.15) is 0 Å². The van der Waals surface area contributed by atoms with Gasteiger partial charge in [0.05, 0.1) is 17.9 Å². The highest BCUT2D eigenvalue weighted by atomic mass is 16.5. The Morgan fingerprint density at radius 3 is 2.61 bits per heavy atom. The first-order chi connectivity index (χ1) is 8.52. The summed E-state index contributed by atoms with van der Waals surface area (Å²) in [5, 5.41) is 11.8. The van der Waals surface area contributed by atoms with Crippen molar-refractivity contribution in [3.8, 4) is 0 Å². The first-order valence-corrected chi connectivity index (χ1v) is 6.64. The van der Waals surface area contributed by atoms with Crippen molar-refractivity contribution in [2.45, 2.75) is 45.6 Å². The van der Waals surface area contributed by atoms with Crippen LogP contribution in [0, 0.1) is 11.8 Å². The lowest BCUT2D eigenvalue weighted by atomic mass is 9.95. The highest BCUT2D eigenvalue weighted by Gasteiger charge is 2.37. The van der Waals surface area contributed by atoms with Gasteiger partial charge in [-0.3, -0.25) is 9.59 Å². The second kappa shape index (κ2) is 7.36. The lowest BCUT2D eigenvalue weighted by Gasteiger charge is -2.15. The molecule has 1 amide bonds. The van der Waals surface area contributed by atoms with Crippen molar-refractivity contribution in [2.24, 2.45) is 11.8 Å². The molecule has 0 heterocycles. The Bertz CT molecular complexity index is 291. The van der Waals surface area contributed by atoms with Gasteiger partial charge in [-0.25, -0.2) is 0 Å². The Hall–Kier alpha value is -1.10. The van der Waals surface area contributed by atoms with Crippen molar-refractivity contribution in [2.75, 3.05) is 13.2 Å². The molecule has 104 valence electrons. The van der Waals surface area contributed by atoms with Crippen molar-refractivity contribution in [3.63, 3.8) is 0 Å². The minimum absolute atomic E-state index is 0.121. The van der Waals surface area contributed by atoms with Crippen LogP contribution in [0.2, 0.25) is 0 Å². The van der Waals surface area contributed by atoms with E-state index in [0.29, 0.717) is 26.0 Å². The minimum Gasteiger partial charge on any atom is -0.481 e. The molecule has 1 rings (SSSR count). The van der Waals surface area contributed by atoms with Gasteiger partial charge in [0.15, 0.2) is 0 Å². The van der Waals surface area contributed by atoms with Crippen LogP contribution in [-0.4, -0.2) is 36.2 Å². The summed E-state index contributed by atoms with van der Waals surface area (Å²) in [6.45, 7) is 5.10. The number of aliphatic carboxylic acids is 1. The van der Waals surface area contributed by atoms with Crippen molar-refractivity contribution < 1.29 is 19.4 Å². The number of carbonyl (C=O) groups excluding carboxylic acids is 1. The predicted octanol–water partition coefficient (Wildman–Crippen LogP) is 1.42. The molecule has 5 nitrogen and oxygen atoms in total. The monoisotopic (exact) mass is 257 g/mol. The molecule has 2 N–H and O–H groups in total. The summed E-state index contributed by atoms with van der Waals surface area (Å²) in [4.78, 5) is 22.8. The molecule has 5 heteroatoms. The number of carboxylic acid groups (broad SMARTS) is 1. The Kier molecular flexibility index (Phi) is 6.12. The zero-order valence-electron chi connectivity index (χ0n) is 11.1. The van der Waals surface area contributed by atoms with Crippen molar-refractivity contribution in [1.29, 1.82) is 0 Å². The van der Waals surface area contributed by atoms with Gasteiger partial charge in [-0.2, -0.15) is 0 Å². The molecule has 1 fully saturated rings. The first-order valence-electron chi connectivity index (χ1n) is 6.64. The van der Waals surface area contributed by atoms with E-state index in [0.717, 1.165) is 12.8 Å². The van der Waals surface area contributed by atoms with E-state index >= 15 is 0 Å². The van der Waals surface area contributed by atoms with Crippen LogP contribution < -0.4 is 5.32 Å². The van der Waals surface area contributed by atoms with E-state index < -0.39 is 11.9 Å². The molecule has 1 aliphatic rings. The number of nitrogens with one attached hydrogen (secondary N) is 1. The SMILES string of the molecule is CC(C)OCCCNC(=O)C1CCCC1C(=O)O. The van der Waals surface area contributed by atoms with Crippen LogP contribution in [0.15, 0.2) is 0 Å². The number of carbonyl (C=O) groups is 2. The summed E-state index contributed by atoms with van der Waals surface area (Å²) >= 11 is 0. The standard InChI is InChI=1S/C13H23NO4/c1-9(2)18-8-4-7-14-12(15)10-5-3-6-11(10)13(16)17/h9-11H,3-8H2,1-2H3,(H,14,15)(H,16,17). The number of carboxylic acids is 1. The average Bonchev–Trinajstić information content (AvgIpc) is 2.76. The summed E-state index contributed by atoms with van der Waals surface area (Å²) in [6.07, 6.45) is 3.08. The van der Waals surface area contributed by atoms with E-state index in [1.54, 1.807) is 0 Å². The quantitative estimate of drug-likeness (QED) is 0.676. The van der Waals surface area contributed by atoms with E-state index in [2.05, 4.69) is 5.32 Å². The van der Waals surface area contributed by atoms with Gasteiger partial charge >= 0.3 is 5.97 Å². The molecular formula is C13H23NO4. The minimum atomic E-state index is -0.851. The molecule has 1 aliphatic carbocycles. The predicted molar refractivity (Wildman–Crippen MR) is 67.2 cm³/mol. The third-order valence-electron chi connectivity index (χ3n) is 3.24. The fourth-order valence-electron chi connectivity index (χ4n) is 2.30. The maximum absolute atomic E-state index is 11.8. The Morgan fingerprint density at radius 2 is 2.00 bits per heavy atom. The fourth-order valence-corrected chi connectivity index (χ4v) is 2.30. The van der Waals surface area contributed by atoms with Crippen LogP contribution in [0.4, 0.5) is 0 Å². The molecule has 2 unspecified atom stereocenters. The van der Waals surface area contributed by atoms with E-state index in [9.17, 15) is 9.59 Å². The summed E-state index contributed by atoms with van der Waals surface area (Å²) in [6, 6.07) is 0. The van der Waals surface area contributed by atoms with Gasteiger partial charge < -0.3 is 15.2 Å². The number of amides is 1. The van der Waals surface area contributed by atoms with E-state index in [1.807, 2.05) is 13.8 Å². The number of ether oxygens (including phenoxy) is 1. The van der Waals surface area contributed by atoms with Crippen molar-refractivity contribution >= 4 is 11.9 Å². The maximum atomic E-state index is 11.8. The van der Waals surface area contributed by atoms with Gasteiger partial charge in [-0.15, -0.1) is 0 Å². The van der Waals surface area contributed by atoms with Crippen molar-refractivity contribution in [3.05, 3.63) is 0 Å². The van der Waals surface area contributed by atoms with Gasteiger partial charge in [0.2, 0.25) is 5.91 Å². The van der Waals surface area contributed by atoms with E-state index in [-0.39, 0.29) is 17.9 Å². The van der Waals surface area contributed by atoms with Crippen LogP contribution in [0.25, 0.3) is 0 Å². The number of rotatable bonds is 7. The average molecular weight is 257 g/mol. The molecule has 0 radical (unpaired) electrons. The topological polar surface area (TPSA) is 75.6 Å². The Balaban J connectivity index is 2.22. The molecule has 1 saturated carbocycles. The number of hydrogen-bond acceptors (Lipinski definition) is 3. The smallest absolute Gasteiger partial charge is 0.307 e. The third kappa shape index (κ3) is 4.64. The van der Waals surface area contributed by atoms with Crippen LogP contribution in [0.1, 0.15) is 39.5 Å². The zero-order chi connectivity index (χ0) is 13.5. The van der Waals surface area contributed by atoms with Crippen LogP contribution in [0.3, 0.4) is 0 Å². The number of hydrogen-bond donors (Lipinski definition) is 2. The normalized spacial score (nSPS) is 23.3. The molecule has 0 spiro atoms. The zero-order valence-corrected chi connectivity index (χ0v) is 11.1. The largest absolute Gasteiger partial charge is 0.481 e. The molecule has 0 aromatic carbocycles. The van der Waals surface area contributed by atoms with E-state index in [1.165, 1.54) is 0 Å². The molecule has 0 aromatic heterocycles. The molecule has 18 heavy (non-hydrogen) atoms. The summed E-state index contributed by atoms with van der Waals surface area (Å²) in [7, 11) is 0. The Labute approximate surface area is 108 Å². The molecule has 2 atom stereocenters. The van der Waals surface area contributed by atoms with Gasteiger partial charge in [0, 0.05) is 13.2 Å². The first kappa shape index (κ1) is 15.0. The Morgan fingerprint density at radius 1 is 1.33 bits per heavy atom. The van der Waals surface area contributed by atoms with E-state index in [4.69, 9.17) is 9.84 Å². The molecule has 0 aromatic rings. The summed E-state index contributed by atoms with van der Waals surface area (Å²) in [5.74, 6) is -1.83. The maximum Gasteiger partial charge on any atom is 0.307 e. The van der Waals surface area contributed by atoms with Crippen molar-refractivity contribution in [1.82, 2.24) is 5.32 Å². The molecule has 0 bridgehead atoms. The molecular weight excluding hydrogens is 234 g/mol. The summed E-state index contributed by atoms with van der Waals surface area (Å²) < 4.78 is 5.36. The second-order valence-electron chi connectivity index (χ2n) is 5.05. The molecule has 0 saturated heterocycles. The summed E-state index contributed by atoms with van der Waals surface area (Å²) in [5.41, 5.74) is 0. The van der Waals surface area contributed by atoms with Gasteiger partial charge in [-0.1, -0.05) is 6.42 Å². The third-order valence-corrected chi connectivity index (χ3v) is 3.24. The van der Waals surface area contributed by atoms with Gasteiger partial charge in [-0.05, 0) is 33.1 Å². The van der Waals surface area contributed by atoms with Crippen LogP contribution in [-0.2, 0) is 14.3 Å². The second-order valence-corrected chi connectivity index (χ2v) is 5.05. The van der Waals surface area contributed by atoms with Crippen LogP contribution >= 0.6 is 0 Å². The van der Waals surface area contributed by atoms with Crippen LogP contribution in [0.5, 0.6) is 0 Å².